The number of likely N-dealkylation sites (tertiary alicyclic amines) is 1. The third-order valence-electron chi connectivity index (χ3n) is 8.87. The van der Waals surface area contributed by atoms with Crippen LogP contribution < -0.4 is 14.8 Å². The fourth-order valence-corrected chi connectivity index (χ4v) is 8.14. The quantitative estimate of drug-likeness (QED) is 0.195. The number of piperidine rings is 1. The molecule has 2 heterocycles. The minimum atomic E-state index is -4.12. The monoisotopic (exact) mass is 669 g/mol. The number of sulfonamides is 1. The van der Waals surface area contributed by atoms with Gasteiger partial charge in [0.2, 0.25) is 5.95 Å². The van der Waals surface area contributed by atoms with Crippen molar-refractivity contribution >= 4 is 44.2 Å². The van der Waals surface area contributed by atoms with Gasteiger partial charge in [0.1, 0.15) is 17.1 Å². The molecule has 244 valence electrons. The van der Waals surface area contributed by atoms with Crippen molar-refractivity contribution in [3.63, 3.8) is 0 Å². The van der Waals surface area contributed by atoms with Crippen LogP contribution in [0.4, 0.5) is 16.0 Å². The summed E-state index contributed by atoms with van der Waals surface area (Å²) < 4.78 is 56.2. The Morgan fingerprint density at radius 3 is 2.65 bits per heavy atom. The van der Waals surface area contributed by atoms with Crippen LogP contribution in [0.2, 0.25) is 5.02 Å². The van der Waals surface area contributed by atoms with E-state index in [2.05, 4.69) is 19.9 Å². The number of ether oxygens (including phenoxy) is 2. The van der Waals surface area contributed by atoms with Crippen LogP contribution >= 0.6 is 11.6 Å². The van der Waals surface area contributed by atoms with Crippen LogP contribution in [0.1, 0.15) is 42.1 Å². The highest BCUT2D eigenvalue weighted by atomic mass is 35.5. The van der Waals surface area contributed by atoms with E-state index in [-0.39, 0.29) is 27.2 Å². The van der Waals surface area contributed by atoms with Crippen molar-refractivity contribution in [1.82, 2.24) is 14.9 Å². The molecular weight excluding hydrogens is 633 g/mol. The van der Waals surface area contributed by atoms with Gasteiger partial charge in [-0.05, 0) is 91.3 Å². The van der Waals surface area contributed by atoms with E-state index in [4.69, 9.17) is 26.1 Å². The number of fused-ring (bicyclic) bond motifs is 2. The Bertz CT molecular complexity index is 1880. The lowest BCUT2D eigenvalue weighted by atomic mass is 9.97. The Morgan fingerprint density at radius 2 is 1.91 bits per heavy atom. The number of halogens is 2. The zero-order chi connectivity index (χ0) is 32.6. The van der Waals surface area contributed by atoms with Gasteiger partial charge in [0, 0.05) is 55.0 Å². The fourth-order valence-electron chi connectivity index (χ4n) is 6.40. The van der Waals surface area contributed by atoms with Crippen molar-refractivity contribution in [3.8, 4) is 16.9 Å². The van der Waals surface area contributed by atoms with E-state index in [1.54, 1.807) is 38.4 Å². The molecule has 1 aliphatic carbocycles. The number of aromatic nitrogens is 2. The minimum absolute atomic E-state index is 0.00223. The zero-order valence-electron chi connectivity index (χ0n) is 25.9. The van der Waals surface area contributed by atoms with Gasteiger partial charge in [-0.3, -0.25) is 4.72 Å². The second kappa shape index (κ2) is 13.3. The molecule has 2 aliphatic rings. The minimum Gasteiger partial charge on any atom is -0.494 e. The normalized spacial score (nSPS) is 17.3. The highest BCUT2D eigenvalue weighted by Gasteiger charge is 2.30. The maximum Gasteiger partial charge on any atom is 0.262 e. The van der Waals surface area contributed by atoms with Crippen molar-refractivity contribution in [2.45, 2.75) is 49.6 Å². The molecule has 1 atom stereocenters. The van der Waals surface area contributed by atoms with Crippen molar-refractivity contribution < 1.29 is 27.4 Å². The van der Waals surface area contributed by atoms with Gasteiger partial charge in [0.25, 0.3) is 10.0 Å². The largest absolute Gasteiger partial charge is 0.494 e. The highest BCUT2D eigenvalue weighted by molar-refractivity contribution is 7.92. The third kappa shape index (κ3) is 6.50. The van der Waals surface area contributed by atoms with Crippen LogP contribution in [-0.4, -0.2) is 74.9 Å². The summed E-state index contributed by atoms with van der Waals surface area (Å²) in [6, 6.07) is 9.30. The summed E-state index contributed by atoms with van der Waals surface area (Å²) in [4.78, 5) is 11.7. The predicted molar refractivity (Wildman–Crippen MR) is 177 cm³/mol. The van der Waals surface area contributed by atoms with Gasteiger partial charge in [-0.1, -0.05) is 11.6 Å². The highest BCUT2D eigenvalue weighted by Crippen LogP contribution is 2.40. The number of nitrogens with zero attached hydrogens (tertiary/aromatic N) is 3. The summed E-state index contributed by atoms with van der Waals surface area (Å²) in [5, 5.41) is 14.6. The van der Waals surface area contributed by atoms with Gasteiger partial charge in [0.15, 0.2) is 0 Å². The molecule has 1 aliphatic heterocycles. The lowest BCUT2D eigenvalue weighted by Gasteiger charge is -2.32. The van der Waals surface area contributed by atoms with Gasteiger partial charge in [-0.25, -0.2) is 22.8 Å². The van der Waals surface area contributed by atoms with Crippen LogP contribution in [0.25, 0.3) is 22.0 Å². The van der Waals surface area contributed by atoms with Gasteiger partial charge in [-0.2, -0.15) is 0 Å². The lowest BCUT2D eigenvalue weighted by Crippen LogP contribution is -2.40. The van der Waals surface area contributed by atoms with E-state index < -0.39 is 21.9 Å². The van der Waals surface area contributed by atoms with Crippen molar-refractivity contribution in [2.24, 2.45) is 0 Å². The number of benzene rings is 3. The van der Waals surface area contributed by atoms with Crippen LogP contribution in [0.5, 0.6) is 5.75 Å². The number of nitrogens with one attached hydrogen (secondary N) is 2. The summed E-state index contributed by atoms with van der Waals surface area (Å²) in [5.41, 5.74) is 2.93. The average Bonchev–Trinajstić information content (AvgIpc) is 3.41. The Kier molecular flexibility index (Phi) is 9.36. The number of rotatable bonds is 10. The van der Waals surface area contributed by atoms with Gasteiger partial charge in [0.05, 0.1) is 30.4 Å². The van der Waals surface area contributed by atoms with Crippen molar-refractivity contribution in [3.05, 3.63) is 70.1 Å². The summed E-state index contributed by atoms with van der Waals surface area (Å²) in [6.45, 7) is 5.22. The molecule has 0 radical (unpaired) electrons. The van der Waals surface area contributed by atoms with E-state index in [1.165, 1.54) is 25.3 Å². The molecule has 3 aromatic carbocycles. The molecule has 1 saturated heterocycles. The maximum absolute atomic E-state index is 15.5. The molecule has 0 bridgehead atoms. The summed E-state index contributed by atoms with van der Waals surface area (Å²) in [7, 11) is -0.882. The third-order valence-corrected chi connectivity index (χ3v) is 10.5. The van der Waals surface area contributed by atoms with E-state index in [9.17, 15) is 13.5 Å². The fraction of sp³-hybridized carbons (Fsp3) is 0.394. The van der Waals surface area contributed by atoms with Gasteiger partial charge in [-0.15, -0.1) is 0 Å². The smallest absolute Gasteiger partial charge is 0.262 e. The summed E-state index contributed by atoms with van der Waals surface area (Å²) >= 11 is 6.23. The van der Waals surface area contributed by atoms with Crippen LogP contribution in [0.3, 0.4) is 0 Å². The maximum atomic E-state index is 15.5. The first kappa shape index (κ1) is 32.4. The molecule has 46 heavy (non-hydrogen) atoms. The van der Waals surface area contributed by atoms with Gasteiger partial charge >= 0.3 is 0 Å². The molecule has 6 rings (SSSR count). The first-order valence-electron chi connectivity index (χ1n) is 15.2. The second-order valence-corrected chi connectivity index (χ2v) is 13.9. The van der Waals surface area contributed by atoms with E-state index in [0.29, 0.717) is 64.3 Å². The lowest BCUT2D eigenvalue weighted by molar-refractivity contribution is 0.132. The molecule has 0 saturated carbocycles. The number of hydrogen-bond acceptors (Lipinski definition) is 9. The summed E-state index contributed by atoms with van der Waals surface area (Å²) in [6.07, 6.45) is 3.64. The van der Waals surface area contributed by atoms with Crippen LogP contribution in [0.15, 0.2) is 47.5 Å². The number of methoxy groups -OCH3 is 2. The number of aliphatic hydroxyl groups is 1. The number of hydrogen-bond donors (Lipinski definition) is 3. The molecule has 4 aromatic rings. The molecular formula is C33H37ClFN5O5S. The van der Waals surface area contributed by atoms with Gasteiger partial charge < -0.3 is 24.8 Å². The van der Waals surface area contributed by atoms with Crippen LogP contribution in [0, 0.1) is 12.7 Å². The Hall–Kier alpha value is -3.55. The molecule has 0 spiro atoms. The molecule has 3 N–H and O–H groups in total. The van der Waals surface area contributed by atoms with E-state index >= 15 is 4.39 Å². The zero-order valence-corrected chi connectivity index (χ0v) is 27.5. The van der Waals surface area contributed by atoms with Crippen molar-refractivity contribution in [2.75, 3.05) is 50.5 Å². The molecule has 0 amide bonds. The molecule has 13 heteroatoms. The standard InChI is InChI=1S/C33H37ClFN5O5S/c1-19-27(39-46(42,43)30-17-22(34)16-25-24(30)4-7-28(25)41)6-5-26(35)31(19)20-14-21-18-36-33(38-32(21)29(15-20)45-3)37-23-8-10-40(11-9-23)12-13-44-2/h5-6,14-18,23,28,39,41H,4,7-13H2,1-3H3,(H,36,37,38)/t28-/m1/s1. The Morgan fingerprint density at radius 1 is 1.13 bits per heavy atom. The SMILES string of the molecule is COCCN1CCC(Nc2ncc3cc(-c4c(F)ccc(NS(=O)(=O)c5cc(Cl)cc6c5CC[C@H]6O)c4C)cc(OC)c3n2)CC1. The first-order chi connectivity index (χ1) is 22.1. The first-order valence-corrected chi connectivity index (χ1v) is 17.1. The topological polar surface area (TPSA) is 126 Å². The van der Waals surface area contributed by atoms with E-state index in [1.807, 2.05) is 0 Å². The number of aliphatic hydroxyl groups excluding tert-OH is 1. The average molecular weight is 670 g/mol. The molecule has 0 unspecified atom stereocenters. The molecule has 10 nitrogen and oxygen atoms in total. The van der Waals surface area contributed by atoms with Crippen molar-refractivity contribution in [1.29, 1.82) is 0 Å². The molecule has 1 fully saturated rings. The van der Waals surface area contributed by atoms with E-state index in [0.717, 1.165) is 32.5 Å². The molecule has 1 aromatic heterocycles. The predicted octanol–water partition coefficient (Wildman–Crippen LogP) is 5.71. The Labute approximate surface area is 273 Å². The number of anilines is 2. The summed E-state index contributed by atoms with van der Waals surface area (Å²) in [5.74, 6) is 0.405. The Balaban J connectivity index is 1.28. The second-order valence-electron chi connectivity index (χ2n) is 11.8. The van der Waals surface area contributed by atoms with Crippen LogP contribution in [-0.2, 0) is 21.2 Å².